The Balaban J connectivity index is 1.46. The Morgan fingerprint density at radius 1 is 0.781 bits per heavy atom. The van der Waals surface area contributed by atoms with Gasteiger partial charge in [0.05, 0.1) is 0 Å². The summed E-state index contributed by atoms with van der Waals surface area (Å²) in [5.41, 5.74) is 5.59. The molecule has 1 saturated heterocycles. The second-order valence-electron chi connectivity index (χ2n) is 8.63. The smallest absolute Gasteiger partial charge is 0.0487 e. The first-order valence-electron chi connectivity index (χ1n) is 11.4. The number of halogens is 2. The van der Waals surface area contributed by atoms with Crippen LogP contribution in [0.5, 0.6) is 0 Å². The van der Waals surface area contributed by atoms with Crippen molar-refractivity contribution in [3.63, 3.8) is 0 Å². The van der Waals surface area contributed by atoms with Gasteiger partial charge in [0.15, 0.2) is 0 Å². The first-order chi connectivity index (χ1) is 15.7. The number of benzene rings is 2. The van der Waals surface area contributed by atoms with Gasteiger partial charge in [-0.15, -0.1) is 0 Å². The molecule has 0 atom stereocenters. The normalized spacial score (nSPS) is 14.8. The first kappa shape index (κ1) is 21.5. The fourth-order valence-electron chi connectivity index (χ4n) is 4.75. The van der Waals surface area contributed by atoms with Crippen LogP contribution in [0.25, 0.3) is 33.2 Å². The van der Waals surface area contributed by atoms with Gasteiger partial charge in [0.25, 0.3) is 0 Å². The average molecular weight is 464 g/mol. The Morgan fingerprint density at radius 2 is 1.59 bits per heavy atom. The fraction of sp³-hybridized carbons (Fsp3) is 0.296. The maximum absolute atomic E-state index is 6.39. The molecule has 2 aromatic heterocycles. The molecule has 0 N–H and O–H groups in total. The van der Waals surface area contributed by atoms with Crippen LogP contribution < -0.4 is 0 Å². The molecule has 0 unspecified atom stereocenters. The van der Waals surface area contributed by atoms with Gasteiger partial charge in [0.2, 0.25) is 0 Å². The van der Waals surface area contributed by atoms with Gasteiger partial charge < -0.3 is 9.47 Å². The van der Waals surface area contributed by atoms with Crippen LogP contribution in [-0.2, 0) is 6.54 Å². The number of likely N-dealkylation sites (tertiary alicyclic amines) is 1. The zero-order valence-electron chi connectivity index (χ0n) is 18.1. The number of pyridine rings is 1. The minimum atomic E-state index is 0.727. The SMILES string of the molecule is Clc1cccc(-c2cncc(-c3cn(CCCN4CCCCC4)c4ccc(Cl)cc34)c2)c1. The van der Waals surface area contributed by atoms with Gasteiger partial charge in [-0.1, -0.05) is 41.8 Å². The van der Waals surface area contributed by atoms with Crippen LogP contribution in [0.3, 0.4) is 0 Å². The molecule has 4 aromatic rings. The maximum Gasteiger partial charge on any atom is 0.0487 e. The van der Waals surface area contributed by atoms with Gasteiger partial charge in [-0.2, -0.15) is 0 Å². The quantitative estimate of drug-likeness (QED) is 0.294. The Hall–Kier alpha value is -2.33. The number of piperidine rings is 1. The monoisotopic (exact) mass is 463 g/mol. The van der Waals surface area contributed by atoms with Crippen LogP contribution in [0.4, 0.5) is 0 Å². The molecule has 0 spiro atoms. The molecule has 5 heteroatoms. The summed E-state index contributed by atoms with van der Waals surface area (Å²) in [6.07, 6.45) is 11.3. The second-order valence-corrected chi connectivity index (χ2v) is 9.50. The van der Waals surface area contributed by atoms with E-state index in [1.54, 1.807) is 0 Å². The average Bonchev–Trinajstić information content (AvgIpc) is 3.17. The third-order valence-electron chi connectivity index (χ3n) is 6.37. The third-order valence-corrected chi connectivity index (χ3v) is 6.84. The van der Waals surface area contributed by atoms with Crippen molar-refractivity contribution in [2.24, 2.45) is 0 Å². The molecule has 0 radical (unpaired) electrons. The molecule has 0 bridgehead atoms. The Bertz CT molecular complexity index is 1220. The van der Waals surface area contributed by atoms with Crippen LogP contribution in [0.2, 0.25) is 10.0 Å². The highest BCUT2D eigenvalue weighted by Crippen LogP contribution is 2.34. The van der Waals surface area contributed by atoms with Gasteiger partial charge >= 0.3 is 0 Å². The maximum atomic E-state index is 6.39. The lowest BCUT2D eigenvalue weighted by Gasteiger charge is -2.26. The summed E-state index contributed by atoms with van der Waals surface area (Å²) in [4.78, 5) is 7.14. The van der Waals surface area contributed by atoms with Crippen LogP contribution in [-0.4, -0.2) is 34.1 Å². The molecule has 164 valence electrons. The van der Waals surface area contributed by atoms with Gasteiger partial charge in [0.1, 0.15) is 0 Å². The first-order valence-corrected chi connectivity index (χ1v) is 12.1. The topological polar surface area (TPSA) is 21.1 Å². The van der Waals surface area contributed by atoms with Crippen LogP contribution in [0.15, 0.2) is 67.1 Å². The van der Waals surface area contributed by atoms with Gasteiger partial charge in [-0.3, -0.25) is 4.98 Å². The van der Waals surface area contributed by atoms with Crippen molar-refractivity contribution in [2.75, 3.05) is 19.6 Å². The second kappa shape index (κ2) is 9.66. The number of nitrogens with zero attached hydrogens (tertiary/aromatic N) is 3. The molecule has 1 fully saturated rings. The molecule has 1 aliphatic rings. The summed E-state index contributed by atoms with van der Waals surface area (Å²) in [6, 6.07) is 16.3. The van der Waals surface area contributed by atoms with Crippen molar-refractivity contribution >= 4 is 34.1 Å². The highest BCUT2D eigenvalue weighted by molar-refractivity contribution is 6.31. The van der Waals surface area contributed by atoms with E-state index in [4.69, 9.17) is 23.2 Å². The molecule has 5 rings (SSSR count). The van der Waals surface area contributed by atoms with E-state index in [2.05, 4.69) is 44.9 Å². The van der Waals surface area contributed by atoms with Crippen LogP contribution in [0, 0.1) is 0 Å². The molecule has 32 heavy (non-hydrogen) atoms. The van der Waals surface area contributed by atoms with Crippen molar-refractivity contribution in [3.8, 4) is 22.3 Å². The molecule has 0 amide bonds. The predicted octanol–water partition coefficient (Wildman–Crippen LogP) is 7.55. The van der Waals surface area contributed by atoms with E-state index < -0.39 is 0 Å². The van der Waals surface area contributed by atoms with Crippen molar-refractivity contribution in [2.45, 2.75) is 32.2 Å². The van der Waals surface area contributed by atoms with Gasteiger partial charge in [0, 0.05) is 62.8 Å². The summed E-state index contributed by atoms with van der Waals surface area (Å²) in [5, 5.41) is 2.65. The number of rotatable bonds is 6. The highest BCUT2D eigenvalue weighted by atomic mass is 35.5. The van der Waals surface area contributed by atoms with Crippen molar-refractivity contribution < 1.29 is 0 Å². The zero-order chi connectivity index (χ0) is 21.9. The molecule has 0 aliphatic carbocycles. The molecule has 1 aliphatic heterocycles. The number of aromatic nitrogens is 2. The van der Waals surface area contributed by atoms with E-state index in [1.807, 2.05) is 36.7 Å². The Morgan fingerprint density at radius 3 is 2.44 bits per heavy atom. The lowest BCUT2D eigenvalue weighted by Crippen LogP contribution is -2.31. The molecular formula is C27H27Cl2N3. The molecule has 0 saturated carbocycles. The largest absolute Gasteiger partial charge is 0.347 e. The summed E-state index contributed by atoms with van der Waals surface area (Å²) in [6.45, 7) is 4.65. The minimum Gasteiger partial charge on any atom is -0.347 e. The molecule has 3 nitrogen and oxygen atoms in total. The molecular weight excluding hydrogens is 437 g/mol. The number of hydrogen-bond acceptors (Lipinski definition) is 2. The van der Waals surface area contributed by atoms with E-state index in [-0.39, 0.29) is 0 Å². The predicted molar refractivity (Wildman–Crippen MR) is 136 cm³/mol. The Kier molecular flexibility index (Phi) is 6.49. The highest BCUT2D eigenvalue weighted by Gasteiger charge is 2.14. The number of aryl methyl sites for hydroxylation is 1. The minimum absolute atomic E-state index is 0.727. The van der Waals surface area contributed by atoms with Crippen LogP contribution >= 0.6 is 23.2 Å². The standard InChI is InChI=1S/C27H27Cl2N3/c28-23-7-4-6-20(15-23)21-14-22(18-30-17-21)26-19-32(27-9-8-24(29)16-25(26)27)13-5-12-31-10-2-1-3-11-31/h4,6-9,14-19H,1-3,5,10-13H2. The summed E-state index contributed by atoms with van der Waals surface area (Å²) < 4.78 is 2.37. The lowest BCUT2D eigenvalue weighted by atomic mass is 10.0. The summed E-state index contributed by atoms with van der Waals surface area (Å²) in [7, 11) is 0. The summed E-state index contributed by atoms with van der Waals surface area (Å²) >= 11 is 12.6. The lowest BCUT2D eigenvalue weighted by molar-refractivity contribution is 0.223. The van der Waals surface area contributed by atoms with Crippen LogP contribution in [0.1, 0.15) is 25.7 Å². The van der Waals surface area contributed by atoms with Gasteiger partial charge in [-0.05, 0) is 80.9 Å². The summed E-state index contributed by atoms with van der Waals surface area (Å²) in [5.74, 6) is 0. The van der Waals surface area contributed by atoms with E-state index in [0.717, 1.165) is 51.8 Å². The van der Waals surface area contributed by atoms with Crippen molar-refractivity contribution in [1.82, 2.24) is 14.5 Å². The zero-order valence-corrected chi connectivity index (χ0v) is 19.6. The Labute approximate surface area is 199 Å². The number of hydrogen-bond donors (Lipinski definition) is 0. The van der Waals surface area contributed by atoms with Crippen molar-refractivity contribution in [1.29, 1.82) is 0 Å². The fourth-order valence-corrected chi connectivity index (χ4v) is 5.11. The molecule has 2 aromatic carbocycles. The third kappa shape index (κ3) is 4.71. The van der Waals surface area contributed by atoms with Gasteiger partial charge in [-0.25, -0.2) is 0 Å². The van der Waals surface area contributed by atoms with E-state index >= 15 is 0 Å². The number of fused-ring (bicyclic) bond motifs is 1. The van der Waals surface area contributed by atoms with E-state index in [1.165, 1.54) is 43.3 Å². The van der Waals surface area contributed by atoms with E-state index in [0.29, 0.717) is 0 Å². The molecule has 3 heterocycles. The van der Waals surface area contributed by atoms with E-state index in [9.17, 15) is 0 Å². The van der Waals surface area contributed by atoms with Crippen molar-refractivity contribution in [3.05, 3.63) is 77.2 Å².